The lowest BCUT2D eigenvalue weighted by Crippen LogP contribution is -2.81. The van der Waals surface area contributed by atoms with E-state index in [-0.39, 0.29) is 0 Å². The van der Waals surface area contributed by atoms with Crippen molar-refractivity contribution in [2.75, 3.05) is 27.7 Å². The number of rotatable bonds is 23. The molecule has 386 valence electrons. The molecule has 0 saturated carbocycles. The molecule has 0 fully saturated rings. The molecule has 4 aromatic carbocycles. The molecular formula is C47H50BF20N. The predicted octanol–water partition coefficient (Wildman–Crippen LogP) is 13.6. The monoisotopic (exact) mass is 1020 g/mol. The third-order valence-corrected chi connectivity index (χ3v) is 11.9. The van der Waals surface area contributed by atoms with Gasteiger partial charge in [0.2, 0.25) is 0 Å². The zero-order chi connectivity index (χ0) is 52.3. The van der Waals surface area contributed by atoms with E-state index in [1.807, 2.05) is 0 Å². The molecule has 0 amide bonds. The van der Waals surface area contributed by atoms with E-state index in [2.05, 4.69) is 28.1 Å². The summed E-state index contributed by atoms with van der Waals surface area (Å²) in [7, 11) is 6.90. The first-order valence-corrected chi connectivity index (χ1v) is 22.3. The molecule has 0 aromatic heterocycles. The lowest BCUT2D eigenvalue weighted by Gasteiger charge is -2.44. The summed E-state index contributed by atoms with van der Waals surface area (Å²) in [5.74, 6) is -71.4. The average Bonchev–Trinajstić information content (AvgIpc) is 3.30. The van der Waals surface area contributed by atoms with Crippen LogP contribution in [0.1, 0.15) is 122 Å². The van der Waals surface area contributed by atoms with Gasteiger partial charge < -0.3 is 4.48 Å². The van der Waals surface area contributed by atoms with Gasteiger partial charge in [0, 0.05) is 0 Å². The van der Waals surface area contributed by atoms with Crippen LogP contribution in [-0.4, -0.2) is 38.3 Å². The van der Waals surface area contributed by atoms with Gasteiger partial charge >= 0.3 is 0 Å². The van der Waals surface area contributed by atoms with Crippen molar-refractivity contribution in [1.29, 1.82) is 0 Å². The second kappa shape index (κ2) is 25.6. The SMILES string of the molecule is CCCCCCCCCCCCCCCCCCCC[N+](C)(C)C.Fc1c(F)c(F)c([B-](c2c(F)c(F)c(F)c(F)c2F)(c2c(F)c(F)c(F)c(F)c2F)c2c(F)c(F)c(F)c(F)c2F)c(F)c1F. The van der Waals surface area contributed by atoms with Crippen molar-refractivity contribution in [3.05, 3.63) is 116 Å². The van der Waals surface area contributed by atoms with Gasteiger partial charge in [-0.05, 0) is 12.8 Å². The third-order valence-electron chi connectivity index (χ3n) is 11.9. The van der Waals surface area contributed by atoms with Gasteiger partial charge in [-0.15, -0.1) is 21.9 Å². The third kappa shape index (κ3) is 12.9. The Balaban J connectivity index is 0.000000446. The maximum atomic E-state index is 15.4. The molecule has 0 atom stereocenters. The summed E-state index contributed by atoms with van der Waals surface area (Å²) in [6, 6.07) is 0. The molecule has 0 unspecified atom stereocenters. The smallest absolute Gasteiger partial charge is 0.200 e. The first-order valence-electron chi connectivity index (χ1n) is 22.3. The first kappa shape index (κ1) is 58.8. The first-order chi connectivity index (χ1) is 32.3. The number of unbranched alkanes of at least 4 members (excludes halogenated alkanes) is 17. The molecule has 0 N–H and O–H groups in total. The Kier molecular flexibility index (Phi) is 21.8. The van der Waals surface area contributed by atoms with Crippen LogP contribution >= 0.6 is 0 Å². The highest BCUT2D eigenvalue weighted by atomic mass is 19.2. The lowest BCUT2D eigenvalue weighted by atomic mass is 9.12. The van der Waals surface area contributed by atoms with E-state index in [4.69, 9.17) is 0 Å². The Hall–Kier alpha value is -4.50. The summed E-state index contributed by atoms with van der Waals surface area (Å²) in [6.07, 6.45) is 19.1. The van der Waals surface area contributed by atoms with Crippen molar-refractivity contribution < 1.29 is 92.3 Å². The number of nitrogens with zero attached hydrogens (tertiary/aromatic N) is 1. The summed E-state index contributed by atoms with van der Waals surface area (Å²) in [5, 5.41) is 0. The largest absolute Gasteiger partial charge is 0.331 e. The van der Waals surface area contributed by atoms with E-state index in [1.165, 1.54) is 122 Å². The van der Waals surface area contributed by atoms with E-state index in [1.54, 1.807) is 0 Å². The molecule has 0 aliphatic heterocycles. The van der Waals surface area contributed by atoms with Crippen molar-refractivity contribution in [1.82, 2.24) is 0 Å². The van der Waals surface area contributed by atoms with Crippen LogP contribution in [0, 0.1) is 116 Å². The molecule has 69 heavy (non-hydrogen) atoms. The molecule has 22 heteroatoms. The maximum absolute atomic E-state index is 15.4. The topological polar surface area (TPSA) is 0 Å². The van der Waals surface area contributed by atoms with Crippen LogP contribution in [0.25, 0.3) is 0 Å². The predicted molar refractivity (Wildman–Crippen MR) is 221 cm³/mol. The Labute approximate surface area is 386 Å². The van der Waals surface area contributed by atoms with Crippen LogP contribution in [0.3, 0.4) is 0 Å². The number of quaternary nitrogens is 1. The van der Waals surface area contributed by atoms with E-state index >= 15 is 35.1 Å². The van der Waals surface area contributed by atoms with E-state index in [0.717, 1.165) is 4.48 Å². The van der Waals surface area contributed by atoms with Crippen molar-refractivity contribution in [2.24, 2.45) is 0 Å². The van der Waals surface area contributed by atoms with E-state index in [9.17, 15) is 52.7 Å². The highest BCUT2D eigenvalue weighted by Crippen LogP contribution is 2.31. The molecule has 0 heterocycles. The van der Waals surface area contributed by atoms with Gasteiger partial charge in [-0.2, -0.15) is 0 Å². The quantitative estimate of drug-likeness (QED) is 0.0173. The average molecular weight is 1020 g/mol. The summed E-state index contributed by atoms with van der Waals surface area (Å²) in [5.41, 5.74) is -14.3. The van der Waals surface area contributed by atoms with Crippen LogP contribution in [0.15, 0.2) is 0 Å². The van der Waals surface area contributed by atoms with Gasteiger partial charge in [0.15, 0.2) is 69.8 Å². The highest BCUT2D eigenvalue weighted by molar-refractivity contribution is 7.20. The van der Waals surface area contributed by atoms with Crippen LogP contribution in [0.2, 0.25) is 0 Å². The van der Waals surface area contributed by atoms with Crippen LogP contribution in [-0.2, 0) is 0 Å². The number of hydrogen-bond acceptors (Lipinski definition) is 0. The van der Waals surface area contributed by atoms with Crippen molar-refractivity contribution in [3.63, 3.8) is 0 Å². The molecule has 0 spiro atoms. The van der Waals surface area contributed by atoms with Gasteiger partial charge in [0.25, 0.3) is 0 Å². The Bertz CT molecular complexity index is 2020. The summed E-state index contributed by atoms with van der Waals surface area (Å²) in [6.45, 7) is 3.63. The van der Waals surface area contributed by atoms with Gasteiger partial charge in [-0.1, -0.05) is 110 Å². The fourth-order valence-electron chi connectivity index (χ4n) is 8.36. The minimum atomic E-state index is -7.22. The van der Waals surface area contributed by atoms with Gasteiger partial charge in [0.1, 0.15) is 52.7 Å². The van der Waals surface area contributed by atoms with Gasteiger partial charge in [-0.25, -0.2) is 87.8 Å². The van der Waals surface area contributed by atoms with Crippen molar-refractivity contribution >= 4 is 28.0 Å². The van der Waals surface area contributed by atoms with Gasteiger partial charge in [-0.3, -0.25) is 0 Å². The van der Waals surface area contributed by atoms with Crippen molar-refractivity contribution in [2.45, 2.75) is 122 Å². The molecule has 0 bridgehead atoms. The zero-order valence-electron chi connectivity index (χ0n) is 38.0. The fourth-order valence-corrected chi connectivity index (χ4v) is 8.36. The summed E-state index contributed by atoms with van der Waals surface area (Å²) in [4.78, 5) is 0. The molecular weight excluding hydrogens is 969 g/mol. The Morgan fingerprint density at radius 2 is 0.377 bits per heavy atom. The molecule has 0 aliphatic rings. The Morgan fingerprint density at radius 1 is 0.232 bits per heavy atom. The maximum Gasteiger partial charge on any atom is 0.200 e. The highest BCUT2D eigenvalue weighted by Gasteiger charge is 2.52. The van der Waals surface area contributed by atoms with Crippen molar-refractivity contribution in [3.8, 4) is 0 Å². The summed E-state index contributed by atoms with van der Waals surface area (Å²) >= 11 is 0. The lowest BCUT2D eigenvalue weighted by molar-refractivity contribution is -0.870. The molecule has 0 saturated heterocycles. The molecule has 0 aliphatic carbocycles. The number of benzene rings is 4. The van der Waals surface area contributed by atoms with E-state index < -0.39 is 144 Å². The molecule has 4 aromatic rings. The summed E-state index contributed by atoms with van der Waals surface area (Å²) < 4.78 is 295. The second-order valence-corrected chi connectivity index (χ2v) is 17.8. The minimum Gasteiger partial charge on any atom is -0.331 e. The molecule has 1 nitrogen and oxygen atoms in total. The number of hydrogen-bond donors (Lipinski definition) is 0. The number of halogens is 20. The second-order valence-electron chi connectivity index (χ2n) is 17.8. The van der Waals surface area contributed by atoms with Crippen LogP contribution in [0.4, 0.5) is 87.8 Å². The van der Waals surface area contributed by atoms with Crippen LogP contribution < -0.4 is 21.9 Å². The fraction of sp³-hybridized carbons (Fsp3) is 0.489. The van der Waals surface area contributed by atoms with Gasteiger partial charge in [0.05, 0.1) is 27.7 Å². The Morgan fingerprint density at radius 3 is 0.536 bits per heavy atom. The molecule has 0 radical (unpaired) electrons. The molecule has 4 rings (SSSR count). The normalized spacial score (nSPS) is 12.0. The zero-order valence-corrected chi connectivity index (χ0v) is 38.0. The standard InChI is InChI=1S/C24BF20.C23H50N/c26-5-1(6(27)14(35)21(42)13(5)34)25(2-7(28)15(36)22(43)16(37)8(2)29,3-9(30)17(38)23(44)18(39)10(3)31)4-11(32)19(40)24(45)20(41)12(4)33;1-5-6-7-8-9-10-11-12-13-14-15-16-17-18-19-20-21-22-23-24(2,3)4/h;5-23H2,1-4H3/q-1;+1. The minimum absolute atomic E-state index is 1.12. The van der Waals surface area contributed by atoms with E-state index in [0.29, 0.717) is 0 Å². The van der Waals surface area contributed by atoms with Crippen LogP contribution in [0.5, 0.6) is 0 Å².